The third-order valence-electron chi connectivity index (χ3n) is 2.12. The van der Waals surface area contributed by atoms with Crippen LogP contribution in [0.4, 0.5) is 0 Å². The van der Waals surface area contributed by atoms with Crippen molar-refractivity contribution in [2.24, 2.45) is 11.7 Å². The lowest BCUT2D eigenvalue weighted by Gasteiger charge is -2.17. The van der Waals surface area contributed by atoms with E-state index in [1.54, 1.807) is 0 Å². The molecule has 0 spiro atoms. The van der Waals surface area contributed by atoms with Crippen molar-refractivity contribution in [2.45, 2.75) is 46.1 Å². The summed E-state index contributed by atoms with van der Waals surface area (Å²) in [6.07, 6.45) is 2.96. The fourth-order valence-corrected chi connectivity index (χ4v) is 1.11. The quantitative estimate of drug-likeness (QED) is 0.656. The molecular formula is C10H22N2O. The van der Waals surface area contributed by atoms with Crippen LogP contribution in [0, 0.1) is 5.92 Å². The third kappa shape index (κ3) is 5.64. The molecule has 0 saturated carbocycles. The van der Waals surface area contributed by atoms with E-state index in [0.29, 0.717) is 12.6 Å². The molecule has 0 aliphatic carbocycles. The Balaban J connectivity index is 3.76. The minimum Gasteiger partial charge on any atom is -0.353 e. The molecule has 0 aliphatic rings. The molecule has 0 rings (SSSR count). The van der Waals surface area contributed by atoms with Crippen molar-refractivity contribution in [3.05, 3.63) is 0 Å². The van der Waals surface area contributed by atoms with E-state index in [-0.39, 0.29) is 11.8 Å². The molecule has 3 heteroatoms. The predicted molar refractivity (Wildman–Crippen MR) is 55.3 cm³/mol. The Bertz CT molecular complexity index is 146. The van der Waals surface area contributed by atoms with Gasteiger partial charge in [-0.1, -0.05) is 20.8 Å². The molecule has 0 saturated heterocycles. The summed E-state index contributed by atoms with van der Waals surface area (Å²) in [5.74, 6) is 0.218. The van der Waals surface area contributed by atoms with Crippen molar-refractivity contribution in [3.63, 3.8) is 0 Å². The number of amides is 1. The van der Waals surface area contributed by atoms with Gasteiger partial charge in [-0.15, -0.1) is 0 Å². The molecule has 13 heavy (non-hydrogen) atoms. The summed E-state index contributed by atoms with van der Waals surface area (Å²) in [4.78, 5) is 11.3. The molecule has 0 aromatic heterocycles. The molecule has 0 fully saturated rings. The second kappa shape index (κ2) is 6.89. The van der Waals surface area contributed by atoms with Gasteiger partial charge in [-0.2, -0.15) is 0 Å². The molecule has 0 aromatic carbocycles. The summed E-state index contributed by atoms with van der Waals surface area (Å²) in [6, 6.07) is 0.304. The lowest BCUT2D eigenvalue weighted by atomic mass is 10.1. The number of carbonyl (C=O) groups is 1. The lowest BCUT2D eigenvalue weighted by Crippen LogP contribution is -2.37. The van der Waals surface area contributed by atoms with Crippen LogP contribution in [-0.2, 0) is 4.79 Å². The smallest absolute Gasteiger partial charge is 0.222 e. The highest BCUT2D eigenvalue weighted by Crippen LogP contribution is 2.02. The van der Waals surface area contributed by atoms with E-state index >= 15 is 0 Å². The number of carbonyl (C=O) groups excluding carboxylic acids is 1. The normalized spacial score (nSPS) is 13.0. The van der Waals surface area contributed by atoms with E-state index in [4.69, 9.17) is 5.73 Å². The molecule has 78 valence electrons. The number of nitrogens with one attached hydrogen (secondary N) is 1. The van der Waals surface area contributed by atoms with Gasteiger partial charge in [0.1, 0.15) is 0 Å². The molecule has 0 aliphatic heterocycles. The third-order valence-corrected chi connectivity index (χ3v) is 2.12. The van der Waals surface area contributed by atoms with Gasteiger partial charge in [0.25, 0.3) is 0 Å². The molecule has 1 atom stereocenters. The summed E-state index contributed by atoms with van der Waals surface area (Å²) < 4.78 is 0. The first-order valence-electron chi connectivity index (χ1n) is 5.12. The summed E-state index contributed by atoms with van der Waals surface area (Å²) in [5.41, 5.74) is 5.41. The minimum atomic E-state index is 0.0759. The summed E-state index contributed by atoms with van der Waals surface area (Å²) in [5, 5.41) is 3.01. The van der Waals surface area contributed by atoms with Crippen molar-refractivity contribution >= 4 is 5.91 Å². The first-order chi connectivity index (χ1) is 6.11. The van der Waals surface area contributed by atoms with E-state index in [9.17, 15) is 4.79 Å². The minimum absolute atomic E-state index is 0.0759. The van der Waals surface area contributed by atoms with Crippen LogP contribution in [0.2, 0.25) is 0 Å². The Hall–Kier alpha value is -0.570. The molecule has 0 radical (unpaired) electrons. The molecule has 0 aromatic rings. The van der Waals surface area contributed by atoms with Gasteiger partial charge >= 0.3 is 0 Å². The standard InChI is InChI=1S/C10H22N2O/c1-4-9(6-5-7-11)12-10(13)8(2)3/h8-9H,4-7,11H2,1-3H3,(H,12,13). The van der Waals surface area contributed by atoms with Crippen LogP contribution in [0.15, 0.2) is 0 Å². The zero-order valence-corrected chi connectivity index (χ0v) is 8.97. The average molecular weight is 186 g/mol. The molecular weight excluding hydrogens is 164 g/mol. The van der Waals surface area contributed by atoms with Gasteiger partial charge in [-0.3, -0.25) is 4.79 Å². The number of nitrogens with two attached hydrogens (primary N) is 1. The van der Waals surface area contributed by atoms with Crippen LogP contribution in [-0.4, -0.2) is 18.5 Å². The zero-order chi connectivity index (χ0) is 10.3. The van der Waals surface area contributed by atoms with Crippen LogP contribution in [0.3, 0.4) is 0 Å². The van der Waals surface area contributed by atoms with E-state index in [2.05, 4.69) is 12.2 Å². The van der Waals surface area contributed by atoms with Crippen molar-refractivity contribution in [1.29, 1.82) is 0 Å². The Morgan fingerprint density at radius 1 is 1.46 bits per heavy atom. The van der Waals surface area contributed by atoms with Crippen LogP contribution in [0.25, 0.3) is 0 Å². The van der Waals surface area contributed by atoms with Crippen molar-refractivity contribution in [2.75, 3.05) is 6.54 Å². The van der Waals surface area contributed by atoms with Gasteiger partial charge in [-0.25, -0.2) is 0 Å². The fraction of sp³-hybridized carbons (Fsp3) is 0.900. The van der Waals surface area contributed by atoms with Gasteiger partial charge in [0.05, 0.1) is 0 Å². The molecule has 0 heterocycles. The topological polar surface area (TPSA) is 55.1 Å². The van der Waals surface area contributed by atoms with Crippen LogP contribution < -0.4 is 11.1 Å². The molecule has 1 amide bonds. The molecule has 0 bridgehead atoms. The molecule has 3 nitrogen and oxygen atoms in total. The van der Waals surface area contributed by atoms with Gasteiger partial charge < -0.3 is 11.1 Å². The van der Waals surface area contributed by atoms with E-state index in [1.165, 1.54) is 0 Å². The Morgan fingerprint density at radius 3 is 2.46 bits per heavy atom. The highest BCUT2D eigenvalue weighted by molar-refractivity contribution is 5.78. The molecule has 3 N–H and O–H groups in total. The predicted octanol–water partition coefficient (Wildman–Crippen LogP) is 1.28. The maximum Gasteiger partial charge on any atom is 0.222 e. The van der Waals surface area contributed by atoms with E-state index < -0.39 is 0 Å². The second-order valence-corrected chi connectivity index (χ2v) is 3.70. The summed E-state index contributed by atoms with van der Waals surface area (Å²) in [6.45, 7) is 6.60. The van der Waals surface area contributed by atoms with Gasteiger partial charge in [-0.05, 0) is 25.8 Å². The largest absolute Gasteiger partial charge is 0.353 e. The molecule has 1 unspecified atom stereocenters. The monoisotopic (exact) mass is 186 g/mol. The number of hydrogen-bond acceptors (Lipinski definition) is 2. The highest BCUT2D eigenvalue weighted by atomic mass is 16.1. The number of hydrogen-bond donors (Lipinski definition) is 2. The second-order valence-electron chi connectivity index (χ2n) is 3.70. The highest BCUT2D eigenvalue weighted by Gasteiger charge is 2.12. The first kappa shape index (κ1) is 12.4. The maximum absolute atomic E-state index is 11.3. The van der Waals surface area contributed by atoms with Crippen LogP contribution in [0.1, 0.15) is 40.0 Å². The van der Waals surface area contributed by atoms with Crippen LogP contribution >= 0.6 is 0 Å². The van der Waals surface area contributed by atoms with Crippen molar-refractivity contribution < 1.29 is 4.79 Å². The summed E-state index contributed by atoms with van der Waals surface area (Å²) in [7, 11) is 0. The fourth-order valence-electron chi connectivity index (χ4n) is 1.11. The van der Waals surface area contributed by atoms with Crippen molar-refractivity contribution in [1.82, 2.24) is 5.32 Å². The van der Waals surface area contributed by atoms with Crippen LogP contribution in [0.5, 0.6) is 0 Å². The lowest BCUT2D eigenvalue weighted by molar-refractivity contribution is -0.124. The van der Waals surface area contributed by atoms with E-state index in [1.807, 2.05) is 13.8 Å². The Kier molecular flexibility index (Phi) is 6.59. The Morgan fingerprint density at radius 2 is 2.08 bits per heavy atom. The zero-order valence-electron chi connectivity index (χ0n) is 8.97. The Labute approximate surface area is 81.1 Å². The van der Waals surface area contributed by atoms with Crippen molar-refractivity contribution in [3.8, 4) is 0 Å². The van der Waals surface area contributed by atoms with Gasteiger partial charge in [0.15, 0.2) is 0 Å². The average Bonchev–Trinajstić information content (AvgIpc) is 2.11. The van der Waals surface area contributed by atoms with Gasteiger partial charge in [0, 0.05) is 12.0 Å². The number of rotatable bonds is 6. The SMILES string of the molecule is CCC(CCCN)NC(=O)C(C)C. The first-order valence-corrected chi connectivity index (χ1v) is 5.12. The van der Waals surface area contributed by atoms with E-state index in [0.717, 1.165) is 19.3 Å². The van der Waals surface area contributed by atoms with Gasteiger partial charge in [0.2, 0.25) is 5.91 Å². The maximum atomic E-state index is 11.3. The summed E-state index contributed by atoms with van der Waals surface area (Å²) >= 11 is 0.